The SMILES string of the molecule is CC(C)(C)O[N][C]=O. The third-order valence-electron chi connectivity index (χ3n) is 0.357. The van der Waals surface area contributed by atoms with Crippen molar-refractivity contribution in [1.82, 2.24) is 5.48 Å². The Morgan fingerprint density at radius 2 is 2.00 bits per heavy atom. The van der Waals surface area contributed by atoms with Crippen LogP contribution >= 0.6 is 0 Å². The van der Waals surface area contributed by atoms with Gasteiger partial charge in [0.1, 0.15) is 0 Å². The molecule has 3 nitrogen and oxygen atoms in total. The largest absolute Gasteiger partial charge is 0.361 e. The average molecular weight is 115 g/mol. The summed E-state index contributed by atoms with van der Waals surface area (Å²) in [6.07, 6.45) is 1.28. The Kier molecular flexibility index (Phi) is 2.48. The van der Waals surface area contributed by atoms with Gasteiger partial charge in [-0.05, 0) is 20.8 Å². The van der Waals surface area contributed by atoms with Crippen molar-refractivity contribution in [3.63, 3.8) is 0 Å². The van der Waals surface area contributed by atoms with Gasteiger partial charge in [-0.1, -0.05) is 5.48 Å². The van der Waals surface area contributed by atoms with Crippen LogP contribution in [-0.4, -0.2) is 12.0 Å². The van der Waals surface area contributed by atoms with Crippen LogP contribution in [0.15, 0.2) is 0 Å². The molecule has 0 saturated carbocycles. The molecule has 0 N–H and O–H groups in total. The maximum Gasteiger partial charge on any atom is 0.361 e. The minimum atomic E-state index is -0.378. The zero-order valence-corrected chi connectivity index (χ0v) is 5.26. The van der Waals surface area contributed by atoms with Crippen LogP contribution in [0.3, 0.4) is 0 Å². The van der Waals surface area contributed by atoms with Gasteiger partial charge in [-0.15, -0.1) is 0 Å². The molecule has 0 fully saturated rings. The van der Waals surface area contributed by atoms with Crippen LogP contribution in [0.4, 0.5) is 0 Å². The fourth-order valence-electron chi connectivity index (χ4n) is 0.156. The van der Waals surface area contributed by atoms with E-state index in [0.717, 1.165) is 0 Å². The summed E-state index contributed by atoms with van der Waals surface area (Å²) in [5.41, 5.74) is 2.56. The van der Waals surface area contributed by atoms with Gasteiger partial charge >= 0.3 is 6.41 Å². The van der Waals surface area contributed by atoms with E-state index in [1.54, 1.807) is 20.8 Å². The summed E-state index contributed by atoms with van der Waals surface area (Å²) in [6.45, 7) is 5.40. The van der Waals surface area contributed by atoms with Crippen molar-refractivity contribution >= 4 is 6.41 Å². The Labute approximate surface area is 49.0 Å². The topological polar surface area (TPSA) is 40.4 Å². The second kappa shape index (κ2) is 2.67. The number of hydroxylamine groups is 1. The number of hydrogen-bond acceptors (Lipinski definition) is 2. The van der Waals surface area contributed by atoms with E-state index in [-0.39, 0.29) is 5.60 Å². The molecule has 8 heavy (non-hydrogen) atoms. The van der Waals surface area contributed by atoms with Gasteiger partial charge in [0.15, 0.2) is 0 Å². The molecule has 0 aliphatic rings. The second-order valence-corrected chi connectivity index (χ2v) is 2.39. The van der Waals surface area contributed by atoms with Gasteiger partial charge in [-0.3, -0.25) is 4.79 Å². The first-order chi connectivity index (χ1) is 3.56. The third kappa shape index (κ3) is 5.43. The van der Waals surface area contributed by atoms with Gasteiger partial charge in [0.2, 0.25) is 0 Å². The summed E-state index contributed by atoms with van der Waals surface area (Å²) in [6, 6.07) is 0. The first kappa shape index (κ1) is 7.43. The summed E-state index contributed by atoms with van der Waals surface area (Å²) < 4.78 is 0. The first-order valence-electron chi connectivity index (χ1n) is 2.31. The molecule has 1 amide bonds. The zero-order chi connectivity index (χ0) is 6.62. The zero-order valence-electron chi connectivity index (χ0n) is 5.26. The highest BCUT2D eigenvalue weighted by Crippen LogP contribution is 2.02. The Morgan fingerprint density at radius 1 is 1.50 bits per heavy atom. The van der Waals surface area contributed by atoms with Gasteiger partial charge in [-0.25, -0.2) is 4.84 Å². The van der Waals surface area contributed by atoms with Crippen molar-refractivity contribution in [1.29, 1.82) is 0 Å². The minimum Gasteiger partial charge on any atom is -0.259 e. The lowest BCUT2D eigenvalue weighted by atomic mass is 10.2. The number of carbonyl (C=O) groups excluding carboxylic acids is 1. The lowest BCUT2D eigenvalue weighted by molar-refractivity contribution is -0.0485. The third-order valence-corrected chi connectivity index (χ3v) is 0.357. The molecule has 0 atom stereocenters. The maximum atomic E-state index is 9.43. The smallest absolute Gasteiger partial charge is 0.259 e. The van der Waals surface area contributed by atoms with Gasteiger partial charge in [0, 0.05) is 0 Å². The highest BCUT2D eigenvalue weighted by Gasteiger charge is 2.10. The summed E-state index contributed by atoms with van der Waals surface area (Å²) in [5, 5.41) is 0. The Balaban J connectivity index is 3.24. The number of nitrogens with zero attached hydrogens (tertiary/aromatic N) is 1. The van der Waals surface area contributed by atoms with E-state index in [0.29, 0.717) is 0 Å². The molecule has 46 valence electrons. The number of rotatable bonds is 2. The Morgan fingerprint density at radius 3 is 2.12 bits per heavy atom. The van der Waals surface area contributed by atoms with Gasteiger partial charge < -0.3 is 0 Å². The summed E-state index contributed by atoms with van der Waals surface area (Å²) in [5.74, 6) is 0. The molecule has 2 radical (unpaired) electrons. The summed E-state index contributed by atoms with van der Waals surface area (Å²) in [7, 11) is 0. The second-order valence-electron chi connectivity index (χ2n) is 2.39. The molecule has 0 spiro atoms. The van der Waals surface area contributed by atoms with E-state index in [9.17, 15) is 4.79 Å². The van der Waals surface area contributed by atoms with Crippen molar-refractivity contribution in [2.45, 2.75) is 26.4 Å². The quantitative estimate of drug-likeness (QED) is 0.488. The van der Waals surface area contributed by atoms with Gasteiger partial charge in [0.25, 0.3) is 0 Å². The molecular weight excluding hydrogens is 106 g/mol. The standard InChI is InChI=1S/C5H9NO2/c1-5(2,3)8-6-4-7/h1-3H3. The lowest BCUT2D eigenvalue weighted by Gasteiger charge is -2.13. The fraction of sp³-hybridized carbons (Fsp3) is 0.800. The molecule has 0 heterocycles. The van der Waals surface area contributed by atoms with Crippen molar-refractivity contribution < 1.29 is 9.63 Å². The van der Waals surface area contributed by atoms with Crippen molar-refractivity contribution in [2.75, 3.05) is 0 Å². The van der Waals surface area contributed by atoms with Crippen LogP contribution in [-0.2, 0) is 9.63 Å². The van der Waals surface area contributed by atoms with E-state index in [1.165, 1.54) is 6.41 Å². The van der Waals surface area contributed by atoms with Crippen LogP contribution in [0.2, 0.25) is 0 Å². The van der Waals surface area contributed by atoms with Crippen LogP contribution < -0.4 is 5.48 Å². The molecule has 0 unspecified atom stereocenters. The van der Waals surface area contributed by atoms with E-state index >= 15 is 0 Å². The number of amides is 1. The highest BCUT2D eigenvalue weighted by molar-refractivity contribution is 5.44. The predicted molar refractivity (Wildman–Crippen MR) is 28.7 cm³/mol. The Bertz CT molecular complexity index is 75.0. The molecule has 0 aromatic heterocycles. The molecule has 0 aromatic rings. The molecule has 0 aliphatic heterocycles. The van der Waals surface area contributed by atoms with E-state index in [4.69, 9.17) is 0 Å². The van der Waals surface area contributed by atoms with Crippen molar-refractivity contribution in [3.05, 3.63) is 0 Å². The fourth-order valence-corrected chi connectivity index (χ4v) is 0.156. The van der Waals surface area contributed by atoms with Gasteiger partial charge in [0.05, 0.1) is 5.60 Å². The first-order valence-corrected chi connectivity index (χ1v) is 2.31. The number of hydrogen-bond donors (Lipinski definition) is 0. The van der Waals surface area contributed by atoms with Crippen LogP contribution in [0, 0.1) is 0 Å². The Hall–Kier alpha value is -0.570. The summed E-state index contributed by atoms with van der Waals surface area (Å²) in [4.78, 5) is 14.0. The van der Waals surface area contributed by atoms with E-state index in [2.05, 4.69) is 10.3 Å². The van der Waals surface area contributed by atoms with E-state index < -0.39 is 0 Å². The summed E-state index contributed by atoms with van der Waals surface area (Å²) >= 11 is 0. The van der Waals surface area contributed by atoms with E-state index in [1.807, 2.05) is 0 Å². The molecule has 0 aliphatic carbocycles. The molecule has 0 saturated heterocycles. The average Bonchev–Trinajstić information content (AvgIpc) is 1.59. The maximum absolute atomic E-state index is 9.43. The molecule has 3 heteroatoms. The van der Waals surface area contributed by atoms with Crippen LogP contribution in [0.5, 0.6) is 0 Å². The molecule has 0 bridgehead atoms. The van der Waals surface area contributed by atoms with Gasteiger partial charge in [-0.2, -0.15) is 0 Å². The minimum absolute atomic E-state index is 0.378. The monoisotopic (exact) mass is 115 g/mol. The van der Waals surface area contributed by atoms with Crippen molar-refractivity contribution in [2.24, 2.45) is 0 Å². The predicted octanol–water partition coefficient (Wildman–Crippen LogP) is 0.388. The van der Waals surface area contributed by atoms with Crippen LogP contribution in [0.1, 0.15) is 20.8 Å². The van der Waals surface area contributed by atoms with Crippen LogP contribution in [0.25, 0.3) is 0 Å². The molecule has 0 rings (SSSR count). The van der Waals surface area contributed by atoms with Crippen molar-refractivity contribution in [3.8, 4) is 0 Å². The highest BCUT2D eigenvalue weighted by atomic mass is 16.7. The lowest BCUT2D eigenvalue weighted by Crippen LogP contribution is -2.23. The molecular formula is C5H9NO2. The molecule has 0 aromatic carbocycles. The normalized spacial score (nSPS) is 10.9.